The van der Waals surface area contributed by atoms with Gasteiger partial charge in [-0.15, -0.1) is 0 Å². The van der Waals surface area contributed by atoms with Gasteiger partial charge in [0.1, 0.15) is 10.6 Å². The van der Waals surface area contributed by atoms with Crippen molar-refractivity contribution in [1.29, 1.82) is 0 Å². The second-order valence-electron chi connectivity index (χ2n) is 7.25. The van der Waals surface area contributed by atoms with Gasteiger partial charge in [-0.05, 0) is 49.2 Å². The molecule has 0 radical (unpaired) electrons. The number of nitrogens with zero attached hydrogens (tertiary/aromatic N) is 2. The van der Waals surface area contributed by atoms with Gasteiger partial charge in [0.2, 0.25) is 12.4 Å². The van der Waals surface area contributed by atoms with Crippen LogP contribution in [0, 0.1) is 0 Å². The lowest BCUT2D eigenvalue weighted by Crippen LogP contribution is -2.27. The predicted molar refractivity (Wildman–Crippen MR) is 113 cm³/mol. The highest BCUT2D eigenvalue weighted by atomic mass is 32.2. The van der Waals surface area contributed by atoms with Crippen LogP contribution in [0.1, 0.15) is 12.8 Å². The molecule has 1 aromatic heterocycles. The van der Waals surface area contributed by atoms with E-state index in [4.69, 9.17) is 14.4 Å². The van der Waals surface area contributed by atoms with Gasteiger partial charge in [0.05, 0.1) is 30.3 Å². The van der Waals surface area contributed by atoms with Crippen molar-refractivity contribution >= 4 is 39.2 Å². The van der Waals surface area contributed by atoms with Crippen LogP contribution in [-0.2, 0) is 14.9 Å². The summed E-state index contributed by atoms with van der Waals surface area (Å²) in [6.45, 7) is -0.522. The fourth-order valence-electron chi connectivity index (χ4n) is 3.09. The normalized spacial score (nSPS) is 14.0. The van der Waals surface area contributed by atoms with Gasteiger partial charge in [-0.1, -0.05) is 0 Å². The molecular weight excluding hydrogens is 424 g/mol. The third-order valence-electron chi connectivity index (χ3n) is 4.90. The van der Waals surface area contributed by atoms with E-state index in [1.165, 1.54) is 41.3 Å². The minimum atomic E-state index is -4.08. The van der Waals surface area contributed by atoms with Gasteiger partial charge < -0.3 is 24.7 Å². The molecule has 0 atom stereocenters. The number of carbonyl (C=O) groups excluding carboxylic acids is 1. The molecule has 164 valence electrons. The van der Waals surface area contributed by atoms with Gasteiger partial charge in [-0.25, -0.2) is 4.98 Å². The lowest BCUT2D eigenvalue weighted by molar-refractivity contribution is -0.107. The number of imidazole rings is 1. The number of benzene rings is 2. The van der Waals surface area contributed by atoms with Crippen molar-refractivity contribution in [3.05, 3.63) is 42.5 Å². The average Bonchev–Trinajstić information content (AvgIpc) is 3.51. The first-order valence-corrected chi connectivity index (χ1v) is 11.1. The standard InChI is InChI=1S/C20H22N4O6S/c25-10-14(11-26)21-13-1-6-17(7-2-13)31(28,29)30-16-5-8-18-19(9-16)23-20(22-18)24(12-27)15-3-4-15/h1-2,5-9,12,14-15,21,25-26H,3-4,10-11H2,(H,22,23). The van der Waals surface area contributed by atoms with E-state index in [9.17, 15) is 13.2 Å². The molecule has 31 heavy (non-hydrogen) atoms. The molecule has 1 aliphatic rings. The number of amides is 1. The number of anilines is 2. The summed E-state index contributed by atoms with van der Waals surface area (Å²) in [7, 11) is -4.08. The van der Waals surface area contributed by atoms with Crippen LogP contribution < -0.4 is 14.4 Å². The number of H-pyrrole nitrogens is 1. The third kappa shape index (κ3) is 4.63. The second kappa shape index (κ2) is 8.53. The number of rotatable bonds is 10. The van der Waals surface area contributed by atoms with E-state index < -0.39 is 16.2 Å². The molecule has 2 aromatic carbocycles. The quantitative estimate of drug-likeness (QED) is 0.269. The lowest BCUT2D eigenvalue weighted by Gasteiger charge is -2.15. The Morgan fingerprint density at radius 3 is 2.52 bits per heavy atom. The molecule has 11 heteroatoms. The minimum Gasteiger partial charge on any atom is -0.394 e. The van der Waals surface area contributed by atoms with Gasteiger partial charge >= 0.3 is 10.1 Å². The number of aromatic amines is 1. The van der Waals surface area contributed by atoms with Crippen LogP contribution in [0.2, 0.25) is 0 Å². The van der Waals surface area contributed by atoms with E-state index >= 15 is 0 Å². The van der Waals surface area contributed by atoms with Crippen LogP contribution in [-0.4, -0.2) is 60.3 Å². The minimum absolute atomic E-state index is 0.0474. The van der Waals surface area contributed by atoms with Gasteiger partial charge in [-0.3, -0.25) is 9.69 Å². The largest absolute Gasteiger partial charge is 0.394 e. The zero-order chi connectivity index (χ0) is 22.0. The Balaban J connectivity index is 1.51. The number of hydrogen-bond donors (Lipinski definition) is 4. The molecule has 0 bridgehead atoms. The second-order valence-corrected chi connectivity index (χ2v) is 8.80. The molecule has 0 spiro atoms. The Bertz CT molecular complexity index is 1170. The molecule has 1 fully saturated rings. The Labute approximate surface area is 178 Å². The van der Waals surface area contributed by atoms with Crippen LogP contribution in [0.15, 0.2) is 47.4 Å². The van der Waals surface area contributed by atoms with Crippen LogP contribution >= 0.6 is 0 Å². The molecule has 0 unspecified atom stereocenters. The molecular formula is C20H22N4O6S. The number of aliphatic hydroxyl groups is 2. The number of nitrogens with one attached hydrogen (secondary N) is 2. The van der Waals surface area contributed by atoms with Crippen molar-refractivity contribution in [2.24, 2.45) is 0 Å². The molecule has 1 amide bonds. The maximum atomic E-state index is 12.6. The monoisotopic (exact) mass is 446 g/mol. The van der Waals surface area contributed by atoms with Crippen molar-refractivity contribution in [1.82, 2.24) is 9.97 Å². The van der Waals surface area contributed by atoms with Crippen molar-refractivity contribution in [2.45, 2.75) is 29.8 Å². The summed E-state index contributed by atoms with van der Waals surface area (Å²) in [6.07, 6.45) is 2.59. The molecule has 1 aliphatic carbocycles. The first kappa shape index (κ1) is 21.1. The predicted octanol–water partition coefficient (Wildman–Crippen LogP) is 1.22. The Kier molecular flexibility index (Phi) is 5.81. The van der Waals surface area contributed by atoms with E-state index in [1.807, 2.05) is 0 Å². The summed E-state index contributed by atoms with van der Waals surface area (Å²) >= 11 is 0. The third-order valence-corrected chi connectivity index (χ3v) is 6.16. The SMILES string of the molecule is O=CN(c1nc2ccc(OS(=O)(=O)c3ccc(NC(CO)CO)cc3)cc2[nH]1)C1CC1. The van der Waals surface area contributed by atoms with Crippen molar-refractivity contribution in [3.8, 4) is 5.75 Å². The Morgan fingerprint density at radius 1 is 1.19 bits per heavy atom. The van der Waals surface area contributed by atoms with E-state index in [0.29, 0.717) is 22.7 Å². The van der Waals surface area contributed by atoms with E-state index in [2.05, 4.69) is 15.3 Å². The molecule has 1 heterocycles. The summed E-state index contributed by atoms with van der Waals surface area (Å²) in [4.78, 5) is 20.2. The first-order valence-electron chi connectivity index (χ1n) is 9.69. The van der Waals surface area contributed by atoms with E-state index in [-0.39, 0.29) is 29.9 Å². The van der Waals surface area contributed by atoms with Gasteiger partial charge in [0, 0.05) is 17.8 Å². The highest BCUT2D eigenvalue weighted by Gasteiger charge is 2.31. The summed E-state index contributed by atoms with van der Waals surface area (Å²) < 4.78 is 30.5. The fourth-order valence-corrected chi connectivity index (χ4v) is 4.01. The highest BCUT2D eigenvalue weighted by Crippen LogP contribution is 2.31. The Morgan fingerprint density at radius 2 is 1.90 bits per heavy atom. The van der Waals surface area contributed by atoms with Crippen LogP contribution in [0.3, 0.4) is 0 Å². The number of hydrogen-bond acceptors (Lipinski definition) is 8. The van der Waals surface area contributed by atoms with Crippen molar-refractivity contribution in [2.75, 3.05) is 23.4 Å². The summed E-state index contributed by atoms with van der Waals surface area (Å²) in [5.74, 6) is 0.522. The Hall–Kier alpha value is -3.15. The maximum Gasteiger partial charge on any atom is 0.339 e. The van der Waals surface area contributed by atoms with Crippen LogP contribution in [0.5, 0.6) is 5.75 Å². The molecule has 4 rings (SSSR count). The number of aliphatic hydroxyl groups excluding tert-OH is 2. The lowest BCUT2D eigenvalue weighted by atomic mass is 10.2. The smallest absolute Gasteiger partial charge is 0.339 e. The maximum absolute atomic E-state index is 12.6. The van der Waals surface area contributed by atoms with Crippen molar-refractivity contribution < 1.29 is 27.6 Å². The fraction of sp³-hybridized carbons (Fsp3) is 0.300. The first-order chi connectivity index (χ1) is 14.9. The number of carbonyl (C=O) groups is 1. The van der Waals surface area contributed by atoms with Crippen LogP contribution in [0.4, 0.5) is 11.6 Å². The highest BCUT2D eigenvalue weighted by molar-refractivity contribution is 7.87. The summed E-state index contributed by atoms with van der Waals surface area (Å²) in [5.41, 5.74) is 1.69. The van der Waals surface area contributed by atoms with Crippen molar-refractivity contribution in [3.63, 3.8) is 0 Å². The van der Waals surface area contributed by atoms with Gasteiger partial charge in [-0.2, -0.15) is 8.42 Å². The zero-order valence-corrected chi connectivity index (χ0v) is 17.2. The van der Waals surface area contributed by atoms with E-state index in [1.54, 1.807) is 6.07 Å². The van der Waals surface area contributed by atoms with Crippen LogP contribution in [0.25, 0.3) is 11.0 Å². The topological polar surface area (TPSA) is 145 Å². The zero-order valence-electron chi connectivity index (χ0n) is 16.4. The molecule has 1 saturated carbocycles. The molecule has 10 nitrogen and oxygen atoms in total. The molecule has 3 aromatic rings. The summed E-state index contributed by atoms with van der Waals surface area (Å²) in [5, 5.41) is 21.1. The van der Waals surface area contributed by atoms with Gasteiger partial charge in [0.25, 0.3) is 0 Å². The molecule has 0 saturated heterocycles. The average molecular weight is 446 g/mol. The number of fused-ring (bicyclic) bond motifs is 1. The van der Waals surface area contributed by atoms with E-state index in [0.717, 1.165) is 19.3 Å². The number of aromatic nitrogens is 2. The van der Waals surface area contributed by atoms with Gasteiger partial charge in [0.15, 0.2) is 0 Å². The molecule has 0 aliphatic heterocycles. The summed E-state index contributed by atoms with van der Waals surface area (Å²) in [6, 6.07) is 10.0. The molecule has 4 N–H and O–H groups in total.